The molecule has 11 heteroatoms. The number of para-hydroxylation sites is 2. The summed E-state index contributed by atoms with van der Waals surface area (Å²) >= 11 is 5.85. The number of aryl methyl sites for hydroxylation is 1. The van der Waals surface area contributed by atoms with Crippen LogP contribution in [0, 0.1) is 6.92 Å². The quantitative estimate of drug-likeness (QED) is 0.203. The number of rotatable bonds is 10. The first-order valence-electron chi connectivity index (χ1n) is 17.1. The second-order valence-electron chi connectivity index (χ2n) is 13.7. The molecule has 7 rings (SSSR count). The van der Waals surface area contributed by atoms with E-state index >= 15 is 0 Å². The number of alkyl halides is 1. The van der Waals surface area contributed by atoms with Gasteiger partial charge in [-0.25, -0.2) is 18.5 Å². The number of amides is 1. The van der Waals surface area contributed by atoms with Gasteiger partial charge in [0.25, 0.3) is 5.91 Å². The lowest BCUT2D eigenvalue weighted by molar-refractivity contribution is 0.0603. The maximum Gasteiger partial charge on any atom is 0.257 e. The fourth-order valence-electron chi connectivity index (χ4n) is 8.70. The van der Waals surface area contributed by atoms with Gasteiger partial charge in [-0.05, 0) is 99.7 Å². The average Bonchev–Trinajstić information content (AvgIpc) is 3.56. The third-order valence-electron chi connectivity index (χ3n) is 11.1. The Morgan fingerprint density at radius 2 is 1.67 bits per heavy atom. The molecule has 1 amide bonds. The van der Waals surface area contributed by atoms with Gasteiger partial charge in [-0.2, -0.15) is 0 Å². The molecular formula is C37H44ClN5O4S. The summed E-state index contributed by atoms with van der Waals surface area (Å²) in [6.07, 6.45) is 7.42. The van der Waals surface area contributed by atoms with Crippen LogP contribution >= 0.6 is 11.6 Å². The molecule has 3 aromatic carbocycles. The Morgan fingerprint density at radius 3 is 2.35 bits per heavy atom. The number of sulfonamides is 1. The lowest BCUT2D eigenvalue weighted by Crippen LogP contribution is -2.49. The van der Waals surface area contributed by atoms with Gasteiger partial charge in [-0.3, -0.25) is 9.69 Å². The Bertz CT molecular complexity index is 1880. The van der Waals surface area contributed by atoms with Crippen molar-refractivity contribution < 1.29 is 17.9 Å². The molecule has 2 bridgehead atoms. The van der Waals surface area contributed by atoms with E-state index in [2.05, 4.69) is 71.0 Å². The van der Waals surface area contributed by atoms with Crippen molar-refractivity contribution in [2.45, 2.75) is 80.3 Å². The predicted octanol–water partition coefficient (Wildman–Crippen LogP) is 6.04. The van der Waals surface area contributed by atoms with Gasteiger partial charge >= 0.3 is 0 Å². The van der Waals surface area contributed by atoms with Crippen LogP contribution in [0.2, 0.25) is 0 Å². The van der Waals surface area contributed by atoms with E-state index < -0.39 is 10.0 Å². The SMILES string of the molecule is Cc1nc2ccccc2n1C1CC2CCC(C1)N2CCC1(c2ccccc2)CCN(C(=O)c2cc(S(N)(=O)=O)ccc2OCCCl)CC1. The number of hydrogen-bond acceptors (Lipinski definition) is 6. The van der Waals surface area contributed by atoms with Gasteiger partial charge in [0.05, 0.1) is 27.4 Å². The average molecular weight is 690 g/mol. The van der Waals surface area contributed by atoms with E-state index in [0.717, 1.165) is 50.0 Å². The van der Waals surface area contributed by atoms with E-state index in [-0.39, 0.29) is 34.3 Å². The Labute approximate surface area is 288 Å². The first-order chi connectivity index (χ1) is 23.2. The molecule has 0 aliphatic carbocycles. The molecule has 2 N–H and O–H groups in total. The highest BCUT2D eigenvalue weighted by molar-refractivity contribution is 7.89. The second kappa shape index (κ2) is 13.5. The Hall–Kier alpha value is -3.44. The number of nitrogens with two attached hydrogens (primary N) is 1. The fraction of sp³-hybridized carbons (Fsp3) is 0.459. The molecule has 0 saturated carbocycles. The minimum atomic E-state index is -3.99. The van der Waals surface area contributed by atoms with E-state index in [1.165, 1.54) is 42.1 Å². The third-order valence-corrected chi connectivity index (χ3v) is 12.1. The van der Waals surface area contributed by atoms with Crippen LogP contribution < -0.4 is 9.88 Å². The molecule has 254 valence electrons. The molecule has 48 heavy (non-hydrogen) atoms. The number of aromatic nitrogens is 2. The highest BCUT2D eigenvalue weighted by atomic mass is 35.5. The number of fused-ring (bicyclic) bond motifs is 3. The van der Waals surface area contributed by atoms with Crippen molar-refractivity contribution in [3.05, 3.63) is 89.7 Å². The first-order valence-corrected chi connectivity index (χ1v) is 19.1. The smallest absolute Gasteiger partial charge is 0.257 e. The highest BCUT2D eigenvalue weighted by Gasteiger charge is 2.44. The molecule has 3 aliphatic heterocycles. The monoisotopic (exact) mass is 689 g/mol. The number of hydrogen-bond donors (Lipinski definition) is 1. The van der Waals surface area contributed by atoms with Crippen molar-refractivity contribution in [1.29, 1.82) is 0 Å². The van der Waals surface area contributed by atoms with Gasteiger partial charge in [0, 0.05) is 31.2 Å². The van der Waals surface area contributed by atoms with E-state index in [9.17, 15) is 13.2 Å². The minimum Gasteiger partial charge on any atom is -0.492 e. The molecular weight excluding hydrogens is 646 g/mol. The van der Waals surface area contributed by atoms with Crippen LogP contribution in [0.1, 0.15) is 72.7 Å². The maximum absolute atomic E-state index is 13.9. The van der Waals surface area contributed by atoms with Gasteiger partial charge in [0.1, 0.15) is 18.2 Å². The van der Waals surface area contributed by atoms with Crippen molar-refractivity contribution in [3.8, 4) is 5.75 Å². The van der Waals surface area contributed by atoms with Crippen molar-refractivity contribution in [1.82, 2.24) is 19.4 Å². The number of imidazole rings is 1. The number of piperidine rings is 2. The summed E-state index contributed by atoms with van der Waals surface area (Å²) in [6, 6.07) is 25.0. The van der Waals surface area contributed by atoms with Crippen molar-refractivity contribution >= 4 is 38.6 Å². The summed E-state index contributed by atoms with van der Waals surface area (Å²) in [7, 11) is -3.99. The van der Waals surface area contributed by atoms with Crippen molar-refractivity contribution in [2.75, 3.05) is 32.1 Å². The Balaban J connectivity index is 1.07. The Morgan fingerprint density at radius 1 is 0.979 bits per heavy atom. The van der Waals surface area contributed by atoms with E-state index in [0.29, 0.717) is 37.0 Å². The van der Waals surface area contributed by atoms with Gasteiger partial charge in [0.2, 0.25) is 10.0 Å². The van der Waals surface area contributed by atoms with Crippen LogP contribution in [0.3, 0.4) is 0 Å². The number of ether oxygens (including phenoxy) is 1. The number of carbonyl (C=O) groups is 1. The van der Waals surface area contributed by atoms with Gasteiger partial charge in [-0.1, -0.05) is 42.5 Å². The van der Waals surface area contributed by atoms with E-state index in [4.69, 9.17) is 26.5 Å². The molecule has 4 heterocycles. The molecule has 4 aromatic rings. The largest absolute Gasteiger partial charge is 0.492 e. The number of nitrogens with zero attached hydrogens (tertiary/aromatic N) is 4. The zero-order valence-electron chi connectivity index (χ0n) is 27.4. The predicted molar refractivity (Wildman–Crippen MR) is 188 cm³/mol. The Kier molecular flexibility index (Phi) is 9.28. The summed E-state index contributed by atoms with van der Waals surface area (Å²) < 4.78 is 32.5. The summed E-state index contributed by atoms with van der Waals surface area (Å²) in [5, 5.41) is 5.41. The number of primary sulfonamides is 1. The second-order valence-corrected chi connectivity index (χ2v) is 15.6. The molecule has 3 fully saturated rings. The van der Waals surface area contributed by atoms with Crippen LogP contribution in [0.4, 0.5) is 0 Å². The van der Waals surface area contributed by atoms with Crippen LogP contribution in [0.5, 0.6) is 5.75 Å². The van der Waals surface area contributed by atoms with Crippen LogP contribution in [-0.2, 0) is 15.4 Å². The molecule has 2 atom stereocenters. The highest BCUT2D eigenvalue weighted by Crippen LogP contribution is 2.45. The topological polar surface area (TPSA) is 111 Å². The molecule has 0 spiro atoms. The number of likely N-dealkylation sites (tertiary alicyclic amines) is 1. The zero-order valence-corrected chi connectivity index (χ0v) is 29.0. The lowest BCUT2D eigenvalue weighted by atomic mass is 9.70. The van der Waals surface area contributed by atoms with Gasteiger partial charge in [0.15, 0.2) is 0 Å². The third kappa shape index (κ3) is 6.35. The molecule has 2 unspecified atom stereocenters. The van der Waals surface area contributed by atoms with E-state index in [1.54, 1.807) is 0 Å². The zero-order chi connectivity index (χ0) is 33.5. The summed E-state index contributed by atoms with van der Waals surface area (Å²) in [6.45, 7) is 4.49. The van der Waals surface area contributed by atoms with Gasteiger partial charge in [-0.15, -0.1) is 11.6 Å². The summed E-state index contributed by atoms with van der Waals surface area (Å²) in [5.74, 6) is 1.40. The van der Waals surface area contributed by atoms with E-state index in [1.807, 2.05) is 4.90 Å². The van der Waals surface area contributed by atoms with Crippen molar-refractivity contribution in [2.24, 2.45) is 5.14 Å². The van der Waals surface area contributed by atoms with Gasteiger partial charge < -0.3 is 14.2 Å². The molecule has 0 radical (unpaired) electrons. The summed E-state index contributed by atoms with van der Waals surface area (Å²) in [5.41, 5.74) is 3.77. The molecule has 1 aromatic heterocycles. The first kappa shape index (κ1) is 33.1. The molecule has 3 saturated heterocycles. The standard InChI is InChI=1S/C37H44ClN5O4S/c1-26-40-33-9-5-6-10-34(33)43(26)30-23-28-11-12-29(24-30)42(28)21-17-37(27-7-3-2-4-8-27)15-19-41(20-16-37)36(44)32-25-31(48(39,45)46)13-14-35(32)47-22-18-38/h2-10,13-14,25,28-30H,11-12,15-24H2,1H3,(H2,39,45,46). The minimum absolute atomic E-state index is 0.0636. The molecule has 9 nitrogen and oxygen atoms in total. The van der Waals surface area contributed by atoms with Crippen molar-refractivity contribution in [3.63, 3.8) is 0 Å². The fourth-order valence-corrected chi connectivity index (χ4v) is 9.32. The normalized spacial score (nSPS) is 22.6. The summed E-state index contributed by atoms with van der Waals surface area (Å²) in [4.78, 5) is 23.3. The molecule has 3 aliphatic rings. The number of halogens is 1. The number of benzene rings is 3. The maximum atomic E-state index is 13.9. The van der Waals surface area contributed by atoms with Crippen LogP contribution in [0.25, 0.3) is 11.0 Å². The van der Waals surface area contributed by atoms with Crippen LogP contribution in [0.15, 0.2) is 77.7 Å². The van der Waals surface area contributed by atoms with Crippen LogP contribution in [-0.4, -0.2) is 77.9 Å². The lowest BCUT2D eigenvalue weighted by Gasteiger charge is -2.45. The number of carbonyl (C=O) groups excluding carboxylic acids is 1.